The van der Waals surface area contributed by atoms with Gasteiger partial charge in [0.05, 0.1) is 15.6 Å². The third kappa shape index (κ3) is 3.86. The lowest BCUT2D eigenvalue weighted by Gasteiger charge is -2.33. The lowest BCUT2D eigenvalue weighted by molar-refractivity contribution is -0.116. The van der Waals surface area contributed by atoms with Gasteiger partial charge in [0.1, 0.15) is 5.82 Å². The first-order valence-electron chi connectivity index (χ1n) is 9.75. The standard InChI is InChI=1S/C21H21Cl2N3O2S/c1-2-3-10-29-21-25-19-17(20(28)26-21)15(11-6-4-7-12(22)18(11)23)16-13(24-19)8-5-9-14(16)27/h4,6-7,15H,2-3,5,8-10H2,1H3,(H2,24,25,26,28). The number of ketones is 1. The second-order valence-corrected chi connectivity index (χ2v) is 9.07. The number of aromatic amines is 1. The van der Waals surface area contributed by atoms with Crippen LogP contribution in [0.2, 0.25) is 10.0 Å². The molecule has 0 saturated carbocycles. The van der Waals surface area contributed by atoms with Crippen LogP contribution in [0.4, 0.5) is 5.82 Å². The first-order valence-corrected chi connectivity index (χ1v) is 11.5. The van der Waals surface area contributed by atoms with E-state index in [1.165, 1.54) is 11.8 Å². The molecule has 0 saturated heterocycles. The highest BCUT2D eigenvalue weighted by Gasteiger charge is 2.38. The van der Waals surface area contributed by atoms with Gasteiger partial charge in [0.15, 0.2) is 10.9 Å². The van der Waals surface area contributed by atoms with E-state index in [1.807, 2.05) is 6.07 Å². The summed E-state index contributed by atoms with van der Waals surface area (Å²) in [5.41, 5.74) is 2.25. The average Bonchev–Trinajstić information content (AvgIpc) is 2.69. The Morgan fingerprint density at radius 3 is 2.86 bits per heavy atom. The zero-order valence-corrected chi connectivity index (χ0v) is 18.3. The van der Waals surface area contributed by atoms with Crippen LogP contribution >= 0.6 is 35.0 Å². The van der Waals surface area contributed by atoms with Crippen LogP contribution in [-0.2, 0) is 4.79 Å². The molecule has 2 aromatic rings. The number of benzene rings is 1. The van der Waals surface area contributed by atoms with E-state index in [4.69, 9.17) is 23.2 Å². The Hall–Kier alpha value is -1.76. The van der Waals surface area contributed by atoms with E-state index in [0.29, 0.717) is 44.1 Å². The van der Waals surface area contributed by atoms with Crippen molar-refractivity contribution >= 4 is 46.6 Å². The summed E-state index contributed by atoms with van der Waals surface area (Å²) in [6, 6.07) is 5.31. The summed E-state index contributed by atoms with van der Waals surface area (Å²) in [6.45, 7) is 2.12. The quantitative estimate of drug-likeness (QED) is 0.356. The molecule has 1 aliphatic carbocycles. The number of nitrogens with one attached hydrogen (secondary N) is 2. The molecule has 1 aromatic carbocycles. The number of rotatable bonds is 5. The number of Topliss-reactive ketones (excluding diaryl/α,β-unsaturated/α-hetero) is 1. The van der Waals surface area contributed by atoms with Crippen molar-refractivity contribution < 1.29 is 4.79 Å². The number of carbonyl (C=O) groups excluding carboxylic acids is 1. The largest absolute Gasteiger partial charge is 0.343 e. The second-order valence-electron chi connectivity index (χ2n) is 7.21. The van der Waals surface area contributed by atoms with Crippen LogP contribution in [0.3, 0.4) is 0 Å². The van der Waals surface area contributed by atoms with Crippen molar-refractivity contribution in [2.75, 3.05) is 11.1 Å². The zero-order chi connectivity index (χ0) is 20.5. The van der Waals surface area contributed by atoms with Crippen molar-refractivity contribution in [1.29, 1.82) is 0 Å². The first-order chi connectivity index (χ1) is 14.0. The van der Waals surface area contributed by atoms with Crippen molar-refractivity contribution in [3.05, 3.63) is 61.0 Å². The monoisotopic (exact) mass is 449 g/mol. The van der Waals surface area contributed by atoms with E-state index in [-0.39, 0.29) is 11.3 Å². The minimum absolute atomic E-state index is 0.0336. The van der Waals surface area contributed by atoms with E-state index in [0.717, 1.165) is 37.1 Å². The molecule has 8 heteroatoms. The van der Waals surface area contributed by atoms with Crippen LogP contribution < -0.4 is 10.9 Å². The molecule has 2 aliphatic rings. The summed E-state index contributed by atoms with van der Waals surface area (Å²) in [7, 11) is 0. The average molecular weight is 450 g/mol. The maximum atomic E-state index is 13.1. The van der Waals surface area contributed by atoms with Crippen LogP contribution in [0.25, 0.3) is 0 Å². The SMILES string of the molecule is CCCCSc1nc2c(c(=O)[nH]1)C(c1cccc(Cl)c1Cl)C1=C(CCCC1=O)N2. The van der Waals surface area contributed by atoms with Crippen LogP contribution in [0.15, 0.2) is 39.4 Å². The molecule has 1 aromatic heterocycles. The van der Waals surface area contributed by atoms with Gasteiger partial charge in [-0.05, 0) is 30.9 Å². The molecule has 4 rings (SSSR count). The summed E-state index contributed by atoms with van der Waals surface area (Å²) in [6.07, 6.45) is 4.09. The van der Waals surface area contributed by atoms with Gasteiger partial charge in [-0.25, -0.2) is 4.98 Å². The summed E-state index contributed by atoms with van der Waals surface area (Å²) in [4.78, 5) is 33.5. The molecule has 0 amide bonds. The highest BCUT2D eigenvalue weighted by molar-refractivity contribution is 7.99. The Morgan fingerprint density at radius 1 is 1.24 bits per heavy atom. The van der Waals surface area contributed by atoms with Crippen LogP contribution in [0, 0.1) is 0 Å². The van der Waals surface area contributed by atoms with Crippen LogP contribution in [0.5, 0.6) is 0 Å². The zero-order valence-electron chi connectivity index (χ0n) is 16.0. The summed E-state index contributed by atoms with van der Waals surface area (Å²) >= 11 is 14.3. The van der Waals surface area contributed by atoms with E-state index >= 15 is 0 Å². The van der Waals surface area contributed by atoms with Crippen molar-refractivity contribution in [3.8, 4) is 0 Å². The molecule has 152 valence electrons. The number of hydrogen-bond acceptors (Lipinski definition) is 5. The lowest BCUT2D eigenvalue weighted by Crippen LogP contribution is -2.32. The van der Waals surface area contributed by atoms with Crippen molar-refractivity contribution in [2.24, 2.45) is 0 Å². The van der Waals surface area contributed by atoms with Gasteiger partial charge in [-0.1, -0.05) is 60.4 Å². The Kier molecular flexibility index (Phi) is 6.04. The highest BCUT2D eigenvalue weighted by Crippen LogP contribution is 2.46. The normalized spacial score (nSPS) is 18.3. The van der Waals surface area contributed by atoms with Gasteiger partial charge >= 0.3 is 0 Å². The van der Waals surface area contributed by atoms with Gasteiger partial charge < -0.3 is 10.3 Å². The van der Waals surface area contributed by atoms with Crippen molar-refractivity contribution in [1.82, 2.24) is 9.97 Å². The van der Waals surface area contributed by atoms with Gasteiger partial charge in [0, 0.05) is 29.4 Å². The molecular weight excluding hydrogens is 429 g/mol. The van der Waals surface area contributed by atoms with Gasteiger partial charge in [-0.3, -0.25) is 9.59 Å². The minimum Gasteiger partial charge on any atom is -0.343 e. The third-order valence-electron chi connectivity index (χ3n) is 5.27. The Bertz CT molecular complexity index is 1060. The lowest BCUT2D eigenvalue weighted by atomic mass is 9.76. The number of halogens is 2. The van der Waals surface area contributed by atoms with Gasteiger partial charge in [0.2, 0.25) is 0 Å². The molecule has 0 radical (unpaired) electrons. The van der Waals surface area contributed by atoms with Crippen molar-refractivity contribution in [2.45, 2.75) is 50.1 Å². The maximum Gasteiger partial charge on any atom is 0.257 e. The number of aromatic nitrogens is 2. The summed E-state index contributed by atoms with van der Waals surface area (Å²) in [5, 5.41) is 4.61. The number of nitrogens with zero attached hydrogens (tertiary/aromatic N) is 1. The first kappa shape index (κ1) is 20.5. The topological polar surface area (TPSA) is 74.8 Å². The summed E-state index contributed by atoms with van der Waals surface area (Å²) < 4.78 is 0. The fourth-order valence-corrected chi connectivity index (χ4v) is 5.24. The predicted octanol–water partition coefficient (Wildman–Crippen LogP) is 5.53. The molecule has 1 atom stereocenters. The smallest absolute Gasteiger partial charge is 0.257 e. The molecule has 2 N–H and O–H groups in total. The minimum atomic E-state index is -0.578. The molecule has 0 fully saturated rings. The number of carbonyl (C=O) groups is 1. The van der Waals surface area contributed by atoms with Crippen LogP contribution in [0.1, 0.15) is 56.1 Å². The Labute approximate surface area is 183 Å². The highest BCUT2D eigenvalue weighted by atomic mass is 35.5. The number of hydrogen-bond donors (Lipinski definition) is 2. The van der Waals surface area contributed by atoms with E-state index in [9.17, 15) is 9.59 Å². The molecule has 29 heavy (non-hydrogen) atoms. The Morgan fingerprint density at radius 2 is 2.07 bits per heavy atom. The molecule has 5 nitrogen and oxygen atoms in total. The number of H-pyrrole nitrogens is 1. The molecule has 2 heterocycles. The fourth-order valence-electron chi connectivity index (χ4n) is 3.88. The summed E-state index contributed by atoms with van der Waals surface area (Å²) in [5.74, 6) is 0.841. The number of allylic oxidation sites excluding steroid dienone is 2. The maximum absolute atomic E-state index is 13.1. The second kappa shape index (κ2) is 8.54. The number of anilines is 1. The third-order valence-corrected chi connectivity index (χ3v) is 7.06. The molecule has 1 unspecified atom stereocenters. The Balaban J connectivity index is 1.89. The van der Waals surface area contributed by atoms with E-state index in [1.54, 1.807) is 12.1 Å². The van der Waals surface area contributed by atoms with Gasteiger partial charge in [-0.2, -0.15) is 0 Å². The molecule has 0 spiro atoms. The predicted molar refractivity (Wildman–Crippen MR) is 118 cm³/mol. The number of thioether (sulfide) groups is 1. The van der Waals surface area contributed by atoms with E-state index < -0.39 is 5.92 Å². The van der Waals surface area contributed by atoms with E-state index in [2.05, 4.69) is 22.2 Å². The molecule has 1 aliphatic heterocycles. The van der Waals surface area contributed by atoms with Crippen LogP contribution in [-0.4, -0.2) is 21.5 Å². The molecular formula is C21H21Cl2N3O2S. The van der Waals surface area contributed by atoms with Crippen molar-refractivity contribution in [3.63, 3.8) is 0 Å². The number of fused-ring (bicyclic) bond motifs is 1. The molecule has 0 bridgehead atoms. The van der Waals surface area contributed by atoms with Gasteiger partial charge in [0.25, 0.3) is 5.56 Å². The van der Waals surface area contributed by atoms with Gasteiger partial charge in [-0.15, -0.1) is 0 Å². The fraction of sp³-hybridized carbons (Fsp3) is 0.381. The number of unbranched alkanes of at least 4 members (excludes halogenated alkanes) is 1.